The summed E-state index contributed by atoms with van der Waals surface area (Å²) in [5, 5.41) is 0. The van der Waals surface area contributed by atoms with Crippen molar-refractivity contribution < 1.29 is 4.79 Å². The number of carbonyl (C=O) groups is 1. The Morgan fingerprint density at radius 3 is 2.85 bits per heavy atom. The molecule has 3 aliphatic carbocycles. The van der Waals surface area contributed by atoms with E-state index < -0.39 is 0 Å². The molecule has 0 aromatic carbocycles. The number of rotatable bonds is 2. The lowest BCUT2D eigenvalue weighted by molar-refractivity contribution is -0.142. The summed E-state index contributed by atoms with van der Waals surface area (Å²) >= 11 is 0. The number of piperidine rings is 1. The third-order valence-corrected chi connectivity index (χ3v) is 9.04. The zero-order valence-corrected chi connectivity index (χ0v) is 16.7. The Labute approximate surface area is 163 Å². The van der Waals surface area contributed by atoms with Crippen molar-refractivity contribution in [2.24, 2.45) is 28.6 Å². The lowest BCUT2D eigenvalue weighted by Crippen LogP contribution is -2.60. The Morgan fingerprint density at radius 2 is 2.07 bits per heavy atom. The minimum absolute atomic E-state index is 0.298. The smallest absolute Gasteiger partial charge is 0.209 e. The highest BCUT2D eigenvalue weighted by Gasteiger charge is 2.59. The summed E-state index contributed by atoms with van der Waals surface area (Å²) in [6, 6.07) is 4.78. The Bertz CT molecular complexity index is 759. The minimum Gasteiger partial charge on any atom is -0.342 e. The average molecular weight is 365 g/mol. The van der Waals surface area contributed by atoms with Crippen molar-refractivity contribution in [1.29, 1.82) is 0 Å². The molecule has 27 heavy (non-hydrogen) atoms. The number of aromatic nitrogens is 1. The fraction of sp³-hybridized carbons (Fsp3) is 0.667. The molecule has 4 aliphatic rings. The van der Waals surface area contributed by atoms with Gasteiger partial charge in [-0.25, -0.2) is 0 Å². The summed E-state index contributed by atoms with van der Waals surface area (Å²) < 4.78 is 0. The highest BCUT2D eigenvalue weighted by Crippen LogP contribution is 2.66. The Hall–Kier alpha value is -1.64. The molecule has 0 spiro atoms. The number of carbonyl (C=O) groups excluding carboxylic acids is 1. The van der Waals surface area contributed by atoms with Crippen LogP contribution in [0.5, 0.6) is 0 Å². The first kappa shape index (κ1) is 17.5. The van der Waals surface area contributed by atoms with Crippen LogP contribution in [0.4, 0.5) is 0 Å². The zero-order valence-electron chi connectivity index (χ0n) is 16.7. The molecule has 1 saturated heterocycles. The Morgan fingerprint density at radius 1 is 1.19 bits per heavy atom. The zero-order chi connectivity index (χ0) is 18.6. The molecule has 144 valence electrons. The lowest BCUT2D eigenvalue weighted by atomic mass is 9.46. The van der Waals surface area contributed by atoms with Gasteiger partial charge in [-0.05, 0) is 90.7 Å². The molecule has 3 heteroatoms. The molecule has 1 aromatic heterocycles. The number of hydrogen-bond acceptors (Lipinski definition) is 2. The molecule has 6 atom stereocenters. The van der Waals surface area contributed by atoms with Crippen molar-refractivity contribution in [2.75, 3.05) is 6.54 Å². The van der Waals surface area contributed by atoms with Crippen LogP contribution >= 0.6 is 0 Å². The van der Waals surface area contributed by atoms with Gasteiger partial charge in [0.1, 0.15) is 0 Å². The molecule has 0 N–H and O–H groups in total. The van der Waals surface area contributed by atoms with E-state index in [1.165, 1.54) is 50.5 Å². The van der Waals surface area contributed by atoms with Gasteiger partial charge in [0.05, 0.1) is 0 Å². The summed E-state index contributed by atoms with van der Waals surface area (Å²) in [5.41, 5.74) is 3.49. The van der Waals surface area contributed by atoms with Gasteiger partial charge in [0.15, 0.2) is 0 Å². The maximum Gasteiger partial charge on any atom is 0.209 e. The summed E-state index contributed by atoms with van der Waals surface area (Å²) in [4.78, 5) is 18.2. The third kappa shape index (κ3) is 2.39. The Balaban J connectivity index is 1.45. The number of pyridine rings is 1. The van der Waals surface area contributed by atoms with E-state index in [4.69, 9.17) is 0 Å². The van der Waals surface area contributed by atoms with Crippen LogP contribution in [0.3, 0.4) is 0 Å². The molecule has 1 aromatic rings. The monoisotopic (exact) mass is 364 g/mol. The van der Waals surface area contributed by atoms with Crippen LogP contribution in [0.2, 0.25) is 0 Å². The first-order valence-electron chi connectivity index (χ1n) is 10.9. The quantitative estimate of drug-likeness (QED) is 0.697. The molecule has 2 heterocycles. The van der Waals surface area contributed by atoms with Gasteiger partial charge in [-0.3, -0.25) is 9.78 Å². The van der Waals surface area contributed by atoms with Gasteiger partial charge in [-0.15, -0.1) is 0 Å². The topological polar surface area (TPSA) is 33.2 Å². The van der Waals surface area contributed by atoms with Crippen LogP contribution in [-0.4, -0.2) is 28.9 Å². The molecule has 3 nitrogen and oxygen atoms in total. The molecular formula is C24H32N2O. The molecule has 5 rings (SSSR count). The molecule has 1 amide bonds. The largest absolute Gasteiger partial charge is 0.342 e. The van der Waals surface area contributed by atoms with Crippen LogP contribution in [0.1, 0.15) is 64.4 Å². The number of amides is 1. The van der Waals surface area contributed by atoms with Crippen LogP contribution in [0, 0.1) is 28.6 Å². The maximum atomic E-state index is 11.7. The number of hydrogen-bond donors (Lipinski definition) is 0. The lowest BCUT2D eigenvalue weighted by Gasteiger charge is -2.61. The van der Waals surface area contributed by atoms with E-state index >= 15 is 0 Å². The second kappa shape index (κ2) is 6.18. The number of nitrogens with zero attached hydrogens (tertiary/aromatic N) is 2. The Kier molecular flexibility index (Phi) is 4.00. The van der Waals surface area contributed by atoms with E-state index in [1.807, 2.05) is 12.4 Å². The number of likely N-dealkylation sites (tertiary alicyclic amines) is 1. The summed E-state index contributed by atoms with van der Waals surface area (Å²) in [6.45, 7) is 6.00. The van der Waals surface area contributed by atoms with Crippen molar-refractivity contribution in [3.8, 4) is 0 Å². The van der Waals surface area contributed by atoms with Gasteiger partial charge in [0.25, 0.3) is 0 Å². The molecule has 2 unspecified atom stereocenters. The van der Waals surface area contributed by atoms with E-state index in [2.05, 4.69) is 41.9 Å². The van der Waals surface area contributed by atoms with E-state index in [1.54, 1.807) is 5.57 Å². The van der Waals surface area contributed by atoms with Crippen molar-refractivity contribution in [3.63, 3.8) is 0 Å². The fourth-order valence-corrected chi connectivity index (χ4v) is 7.79. The second-order valence-corrected chi connectivity index (χ2v) is 9.97. The maximum absolute atomic E-state index is 11.7. The van der Waals surface area contributed by atoms with E-state index in [0.717, 1.165) is 30.7 Å². The normalized spacial score (nSPS) is 43.3. The summed E-state index contributed by atoms with van der Waals surface area (Å²) in [6.07, 6.45) is 16.4. The first-order chi connectivity index (χ1) is 13.1. The van der Waals surface area contributed by atoms with E-state index in [0.29, 0.717) is 16.9 Å². The van der Waals surface area contributed by atoms with Gasteiger partial charge < -0.3 is 4.90 Å². The third-order valence-electron chi connectivity index (χ3n) is 9.04. The predicted octanol–water partition coefficient (Wildman–Crippen LogP) is 4.94. The second-order valence-electron chi connectivity index (χ2n) is 9.97. The number of allylic oxidation sites excluding steroid dienone is 2. The predicted molar refractivity (Wildman–Crippen MR) is 108 cm³/mol. The van der Waals surface area contributed by atoms with Crippen LogP contribution in [0.15, 0.2) is 30.6 Å². The fourth-order valence-electron chi connectivity index (χ4n) is 7.79. The molecule has 0 bridgehead atoms. The molecule has 3 fully saturated rings. The van der Waals surface area contributed by atoms with E-state index in [-0.39, 0.29) is 0 Å². The van der Waals surface area contributed by atoms with Crippen LogP contribution < -0.4 is 0 Å². The summed E-state index contributed by atoms with van der Waals surface area (Å²) in [7, 11) is 0. The van der Waals surface area contributed by atoms with Gasteiger partial charge in [0, 0.05) is 25.0 Å². The standard InChI is InChI=1S/C24H32N2O/c1-23-12-10-21-18(6-9-22-24(21,2)11-4-14-26(22)16-27)20(23)8-7-19(23)17-5-3-13-25-15-17/h3,5,7,13,15-16,18,20-22H,4,6,8-12,14H2,1-2H3/t18-,20-,21?,22?,23+,24+/m0/s1. The van der Waals surface area contributed by atoms with Gasteiger partial charge >= 0.3 is 0 Å². The minimum atomic E-state index is 0.298. The van der Waals surface area contributed by atoms with Gasteiger partial charge in [-0.1, -0.05) is 26.0 Å². The highest BCUT2D eigenvalue weighted by molar-refractivity contribution is 5.72. The van der Waals surface area contributed by atoms with Gasteiger partial charge in [-0.2, -0.15) is 0 Å². The van der Waals surface area contributed by atoms with E-state index in [9.17, 15) is 4.79 Å². The van der Waals surface area contributed by atoms with Crippen LogP contribution in [0.25, 0.3) is 5.57 Å². The van der Waals surface area contributed by atoms with Crippen molar-refractivity contribution >= 4 is 12.0 Å². The molecule has 0 radical (unpaired) electrons. The average Bonchev–Trinajstić information content (AvgIpc) is 3.05. The molecule has 2 saturated carbocycles. The SMILES string of the molecule is C[C@]12CCCN(C=O)C1CC[C@@H]1C2CC[C@]2(C)C(c3cccnc3)=CC[C@@H]12. The van der Waals surface area contributed by atoms with Crippen molar-refractivity contribution in [1.82, 2.24) is 9.88 Å². The highest BCUT2D eigenvalue weighted by atomic mass is 16.1. The number of fused-ring (bicyclic) bond motifs is 5. The van der Waals surface area contributed by atoms with Gasteiger partial charge in [0.2, 0.25) is 6.41 Å². The van der Waals surface area contributed by atoms with Crippen molar-refractivity contribution in [3.05, 3.63) is 36.2 Å². The molecule has 1 aliphatic heterocycles. The van der Waals surface area contributed by atoms with Crippen LogP contribution in [-0.2, 0) is 4.79 Å². The molecular weight excluding hydrogens is 332 g/mol. The summed E-state index contributed by atoms with van der Waals surface area (Å²) in [5.74, 6) is 2.34. The van der Waals surface area contributed by atoms with Crippen molar-refractivity contribution in [2.45, 2.75) is 64.8 Å². The first-order valence-corrected chi connectivity index (χ1v) is 10.9.